The summed E-state index contributed by atoms with van der Waals surface area (Å²) in [5.41, 5.74) is 1.84. The average molecular weight is 227 g/mol. The number of likely N-dealkylation sites (tertiary alicyclic amines) is 1. The molecule has 1 aliphatic rings. The molecule has 3 atom stereocenters. The molecule has 0 aromatic rings. The minimum Gasteiger partial charge on any atom is -0.293 e. The summed E-state index contributed by atoms with van der Waals surface area (Å²) < 4.78 is 0. The van der Waals surface area contributed by atoms with E-state index in [1.807, 2.05) is 13.8 Å². The van der Waals surface area contributed by atoms with Crippen LogP contribution in [0, 0.1) is 11.8 Å². The van der Waals surface area contributed by atoms with Crippen LogP contribution >= 0.6 is 0 Å². The van der Waals surface area contributed by atoms with Gasteiger partial charge in [0.05, 0.1) is 5.54 Å². The summed E-state index contributed by atoms with van der Waals surface area (Å²) in [7, 11) is 0. The highest BCUT2D eigenvalue weighted by Gasteiger charge is 2.40. The van der Waals surface area contributed by atoms with Crippen molar-refractivity contribution in [3.05, 3.63) is 0 Å². The summed E-state index contributed by atoms with van der Waals surface area (Å²) >= 11 is 0. The van der Waals surface area contributed by atoms with Crippen molar-refractivity contribution >= 4 is 5.91 Å². The number of nitrogens with one attached hydrogen (secondary N) is 1. The third-order valence-corrected chi connectivity index (χ3v) is 3.88. The summed E-state index contributed by atoms with van der Waals surface area (Å²) in [5.74, 6) is 6.52. The lowest BCUT2D eigenvalue weighted by Gasteiger charge is -2.45. The third kappa shape index (κ3) is 2.55. The SMILES string of the molecule is CC[C@](C)(C(=O)NN)N1C[C@H](C)C[C@@H](C)C1. The number of carbonyl (C=O) groups is 1. The molecule has 1 aliphatic heterocycles. The number of hydrogen-bond acceptors (Lipinski definition) is 3. The molecule has 1 amide bonds. The summed E-state index contributed by atoms with van der Waals surface area (Å²) in [6.07, 6.45) is 2.04. The van der Waals surface area contributed by atoms with Crippen molar-refractivity contribution in [2.45, 2.75) is 46.1 Å². The Morgan fingerprint density at radius 2 is 1.94 bits per heavy atom. The summed E-state index contributed by atoms with van der Waals surface area (Å²) in [6, 6.07) is 0. The van der Waals surface area contributed by atoms with E-state index in [9.17, 15) is 4.79 Å². The quantitative estimate of drug-likeness (QED) is 0.431. The third-order valence-electron chi connectivity index (χ3n) is 3.88. The van der Waals surface area contributed by atoms with E-state index < -0.39 is 5.54 Å². The zero-order chi connectivity index (χ0) is 12.3. The van der Waals surface area contributed by atoms with Gasteiger partial charge in [0.2, 0.25) is 0 Å². The topological polar surface area (TPSA) is 58.4 Å². The molecule has 3 N–H and O–H groups in total. The summed E-state index contributed by atoms with van der Waals surface area (Å²) in [4.78, 5) is 14.2. The van der Waals surface area contributed by atoms with Crippen LogP contribution in [0.1, 0.15) is 40.5 Å². The Balaban J connectivity index is 2.83. The minimum absolute atomic E-state index is 0.0729. The number of carbonyl (C=O) groups excluding carboxylic acids is 1. The van der Waals surface area contributed by atoms with Crippen molar-refractivity contribution in [2.75, 3.05) is 13.1 Å². The fourth-order valence-electron chi connectivity index (χ4n) is 2.75. The zero-order valence-corrected chi connectivity index (χ0v) is 10.9. The molecular weight excluding hydrogens is 202 g/mol. The molecule has 0 bridgehead atoms. The Hall–Kier alpha value is -0.610. The van der Waals surface area contributed by atoms with Crippen molar-refractivity contribution in [2.24, 2.45) is 17.7 Å². The summed E-state index contributed by atoms with van der Waals surface area (Å²) in [6.45, 7) is 10.5. The van der Waals surface area contributed by atoms with Crippen molar-refractivity contribution in [3.8, 4) is 0 Å². The first-order valence-electron chi connectivity index (χ1n) is 6.20. The molecule has 0 aromatic carbocycles. The standard InChI is InChI=1S/C12H25N3O/c1-5-12(4,11(16)14-13)15-7-9(2)6-10(3)8-15/h9-10H,5-8,13H2,1-4H3,(H,14,16)/t9-,10-,12-/m1/s1. The molecule has 0 aliphatic carbocycles. The molecular formula is C12H25N3O. The number of hydrazine groups is 1. The smallest absolute Gasteiger partial charge is 0.254 e. The normalized spacial score (nSPS) is 30.8. The van der Waals surface area contributed by atoms with Crippen LogP contribution in [0.4, 0.5) is 0 Å². The van der Waals surface area contributed by atoms with Crippen molar-refractivity contribution in [3.63, 3.8) is 0 Å². The second-order valence-corrected chi connectivity index (χ2v) is 5.45. The van der Waals surface area contributed by atoms with Gasteiger partial charge in [0.1, 0.15) is 0 Å². The molecule has 16 heavy (non-hydrogen) atoms. The highest BCUT2D eigenvalue weighted by Crippen LogP contribution is 2.29. The molecule has 1 fully saturated rings. The Morgan fingerprint density at radius 3 is 2.31 bits per heavy atom. The van der Waals surface area contributed by atoms with Crippen LogP contribution in [0.25, 0.3) is 0 Å². The Bertz CT molecular complexity index is 247. The lowest BCUT2D eigenvalue weighted by molar-refractivity contribution is -0.135. The molecule has 0 saturated carbocycles. The van der Waals surface area contributed by atoms with Gasteiger partial charge in [0.15, 0.2) is 0 Å². The van der Waals surface area contributed by atoms with Gasteiger partial charge in [-0.05, 0) is 31.6 Å². The van der Waals surface area contributed by atoms with Gasteiger partial charge >= 0.3 is 0 Å². The van der Waals surface area contributed by atoms with Gasteiger partial charge in [0.25, 0.3) is 5.91 Å². The van der Waals surface area contributed by atoms with Crippen LogP contribution in [0.15, 0.2) is 0 Å². The molecule has 0 aromatic heterocycles. The van der Waals surface area contributed by atoms with E-state index in [1.54, 1.807) is 0 Å². The monoisotopic (exact) mass is 227 g/mol. The Morgan fingerprint density at radius 1 is 1.44 bits per heavy atom. The van der Waals surface area contributed by atoms with E-state index >= 15 is 0 Å². The molecule has 94 valence electrons. The van der Waals surface area contributed by atoms with E-state index in [0.29, 0.717) is 11.8 Å². The van der Waals surface area contributed by atoms with Crippen LogP contribution in [-0.2, 0) is 4.79 Å². The van der Waals surface area contributed by atoms with E-state index in [2.05, 4.69) is 24.2 Å². The first-order valence-corrected chi connectivity index (χ1v) is 6.20. The minimum atomic E-state index is -0.461. The maximum absolute atomic E-state index is 11.9. The number of nitrogens with zero attached hydrogens (tertiary/aromatic N) is 1. The van der Waals surface area contributed by atoms with Crippen molar-refractivity contribution in [1.29, 1.82) is 0 Å². The molecule has 1 heterocycles. The molecule has 0 spiro atoms. The first kappa shape index (κ1) is 13.5. The lowest BCUT2D eigenvalue weighted by atomic mass is 9.86. The molecule has 0 unspecified atom stereocenters. The van der Waals surface area contributed by atoms with Crippen LogP contribution in [0.3, 0.4) is 0 Å². The van der Waals surface area contributed by atoms with Crippen LogP contribution in [-0.4, -0.2) is 29.4 Å². The molecule has 0 radical (unpaired) electrons. The highest BCUT2D eigenvalue weighted by molar-refractivity contribution is 5.85. The molecule has 1 saturated heterocycles. The van der Waals surface area contributed by atoms with E-state index in [-0.39, 0.29) is 5.91 Å². The van der Waals surface area contributed by atoms with E-state index in [4.69, 9.17) is 5.84 Å². The van der Waals surface area contributed by atoms with Gasteiger partial charge in [-0.1, -0.05) is 20.8 Å². The van der Waals surface area contributed by atoms with Crippen LogP contribution in [0.5, 0.6) is 0 Å². The van der Waals surface area contributed by atoms with E-state index in [0.717, 1.165) is 19.5 Å². The van der Waals surface area contributed by atoms with Gasteiger partial charge < -0.3 is 0 Å². The Kier molecular flexibility index (Phi) is 4.33. The van der Waals surface area contributed by atoms with Gasteiger partial charge in [0, 0.05) is 13.1 Å². The number of rotatable bonds is 3. The van der Waals surface area contributed by atoms with Crippen LogP contribution in [0.2, 0.25) is 0 Å². The molecule has 4 heteroatoms. The van der Waals surface area contributed by atoms with Gasteiger partial charge in [-0.15, -0.1) is 0 Å². The summed E-state index contributed by atoms with van der Waals surface area (Å²) in [5, 5.41) is 0. The molecule has 1 rings (SSSR count). The Labute approximate surface area is 98.5 Å². The predicted octanol–water partition coefficient (Wildman–Crippen LogP) is 1.12. The number of amides is 1. The van der Waals surface area contributed by atoms with Crippen molar-refractivity contribution < 1.29 is 4.79 Å². The predicted molar refractivity (Wildman–Crippen MR) is 65.5 cm³/mol. The maximum atomic E-state index is 11.9. The number of hydrogen-bond donors (Lipinski definition) is 2. The largest absolute Gasteiger partial charge is 0.293 e. The fourth-order valence-corrected chi connectivity index (χ4v) is 2.75. The van der Waals surface area contributed by atoms with Crippen LogP contribution < -0.4 is 11.3 Å². The fraction of sp³-hybridized carbons (Fsp3) is 0.917. The average Bonchev–Trinajstić information content (AvgIpc) is 2.25. The van der Waals surface area contributed by atoms with Gasteiger partial charge in [-0.2, -0.15) is 0 Å². The molecule has 4 nitrogen and oxygen atoms in total. The lowest BCUT2D eigenvalue weighted by Crippen LogP contribution is -2.61. The second-order valence-electron chi connectivity index (χ2n) is 5.45. The highest BCUT2D eigenvalue weighted by atomic mass is 16.2. The van der Waals surface area contributed by atoms with Gasteiger partial charge in [-0.3, -0.25) is 15.1 Å². The number of piperidine rings is 1. The second kappa shape index (κ2) is 5.15. The number of nitrogens with two attached hydrogens (primary N) is 1. The van der Waals surface area contributed by atoms with Crippen molar-refractivity contribution in [1.82, 2.24) is 10.3 Å². The maximum Gasteiger partial charge on any atom is 0.254 e. The first-order chi connectivity index (χ1) is 7.43. The van der Waals surface area contributed by atoms with E-state index in [1.165, 1.54) is 6.42 Å². The zero-order valence-electron chi connectivity index (χ0n) is 10.9. The van der Waals surface area contributed by atoms with Gasteiger partial charge in [-0.25, -0.2) is 5.84 Å².